The summed E-state index contributed by atoms with van der Waals surface area (Å²) in [5.74, 6) is 1.42. The van der Waals surface area contributed by atoms with Crippen LogP contribution < -0.4 is 11.0 Å². The summed E-state index contributed by atoms with van der Waals surface area (Å²) in [4.78, 5) is 15.7. The van der Waals surface area contributed by atoms with Gasteiger partial charge in [-0.2, -0.15) is 5.10 Å². The van der Waals surface area contributed by atoms with E-state index in [1.165, 1.54) is 4.40 Å². The third-order valence-electron chi connectivity index (χ3n) is 3.00. The Hall–Kier alpha value is -1.85. The molecule has 84 valence electrons. The van der Waals surface area contributed by atoms with Crippen molar-refractivity contribution in [1.82, 2.24) is 19.6 Å². The normalized spacial score (nSPS) is 17.6. The summed E-state index contributed by atoms with van der Waals surface area (Å²) in [7, 11) is 0. The summed E-state index contributed by atoms with van der Waals surface area (Å²) >= 11 is 0. The zero-order valence-electron chi connectivity index (χ0n) is 9.24. The van der Waals surface area contributed by atoms with E-state index in [-0.39, 0.29) is 11.2 Å². The van der Waals surface area contributed by atoms with E-state index < -0.39 is 0 Å². The van der Waals surface area contributed by atoms with E-state index in [2.05, 4.69) is 27.4 Å². The van der Waals surface area contributed by atoms with Crippen molar-refractivity contribution >= 4 is 11.5 Å². The zero-order valence-corrected chi connectivity index (χ0v) is 9.24. The summed E-state index contributed by atoms with van der Waals surface area (Å²) in [6, 6.07) is 1.79. The predicted molar refractivity (Wildman–Crippen MR) is 59.6 cm³/mol. The third-order valence-corrected chi connectivity index (χ3v) is 3.00. The van der Waals surface area contributed by atoms with Crippen LogP contribution in [0, 0.1) is 6.92 Å². The van der Waals surface area contributed by atoms with Gasteiger partial charge >= 0.3 is 5.69 Å². The van der Waals surface area contributed by atoms with Crippen molar-refractivity contribution in [3.63, 3.8) is 0 Å². The third kappa shape index (κ3) is 1.37. The minimum atomic E-state index is -0.246. The van der Waals surface area contributed by atoms with Crippen LogP contribution in [0.4, 0.5) is 5.82 Å². The molecule has 6 nitrogen and oxygen atoms in total. The fraction of sp³-hybridized carbons (Fsp3) is 0.500. The minimum Gasteiger partial charge on any atom is -0.365 e. The Balaban J connectivity index is 2.10. The minimum absolute atomic E-state index is 0.175. The Labute approximate surface area is 91.7 Å². The maximum Gasteiger partial charge on any atom is 0.349 e. The molecule has 2 aromatic rings. The van der Waals surface area contributed by atoms with Crippen molar-refractivity contribution in [2.45, 2.75) is 32.2 Å². The molecule has 0 amide bonds. The second-order valence-electron chi connectivity index (χ2n) is 4.60. The van der Waals surface area contributed by atoms with Gasteiger partial charge in [0.25, 0.3) is 0 Å². The van der Waals surface area contributed by atoms with Gasteiger partial charge in [-0.15, -0.1) is 0 Å². The van der Waals surface area contributed by atoms with Crippen LogP contribution in [0.25, 0.3) is 5.65 Å². The highest BCUT2D eigenvalue weighted by atomic mass is 16.1. The van der Waals surface area contributed by atoms with Crippen LogP contribution in [0.5, 0.6) is 0 Å². The molecule has 0 aliphatic heterocycles. The highest BCUT2D eigenvalue weighted by Crippen LogP contribution is 2.37. The molecule has 2 aromatic heterocycles. The summed E-state index contributed by atoms with van der Waals surface area (Å²) < 4.78 is 1.46. The topological polar surface area (TPSA) is 75.1 Å². The Morgan fingerprint density at radius 1 is 1.56 bits per heavy atom. The number of anilines is 1. The monoisotopic (exact) mass is 219 g/mol. The van der Waals surface area contributed by atoms with Gasteiger partial charge in [0, 0.05) is 11.6 Å². The average Bonchev–Trinajstić information content (AvgIpc) is 2.79. The van der Waals surface area contributed by atoms with Gasteiger partial charge in [-0.1, -0.05) is 0 Å². The van der Waals surface area contributed by atoms with Crippen LogP contribution >= 0.6 is 0 Å². The fourth-order valence-electron chi connectivity index (χ4n) is 1.78. The lowest BCUT2D eigenvalue weighted by Crippen LogP contribution is -2.19. The van der Waals surface area contributed by atoms with E-state index in [1.807, 2.05) is 0 Å². The molecule has 0 aromatic carbocycles. The molecule has 1 aliphatic carbocycles. The number of aryl methyl sites for hydroxylation is 1. The van der Waals surface area contributed by atoms with Gasteiger partial charge in [-0.25, -0.2) is 19.3 Å². The summed E-state index contributed by atoms with van der Waals surface area (Å²) in [6.07, 6.45) is 2.32. The van der Waals surface area contributed by atoms with Gasteiger partial charge in [0.05, 0.1) is 0 Å². The van der Waals surface area contributed by atoms with E-state index in [9.17, 15) is 4.79 Å². The number of hydrogen-bond donors (Lipinski definition) is 2. The molecule has 0 bridgehead atoms. The Morgan fingerprint density at radius 2 is 2.31 bits per heavy atom. The summed E-state index contributed by atoms with van der Waals surface area (Å²) in [5.41, 5.74) is 0.530. The number of rotatable bonds is 2. The van der Waals surface area contributed by atoms with Crippen molar-refractivity contribution in [2.24, 2.45) is 0 Å². The highest BCUT2D eigenvalue weighted by Gasteiger charge is 2.37. The van der Waals surface area contributed by atoms with Crippen LogP contribution in [0.1, 0.15) is 25.6 Å². The summed E-state index contributed by atoms with van der Waals surface area (Å²) in [5, 5.41) is 9.70. The molecular formula is C10H13N5O. The van der Waals surface area contributed by atoms with Crippen molar-refractivity contribution in [2.75, 3.05) is 5.32 Å². The van der Waals surface area contributed by atoms with Gasteiger partial charge < -0.3 is 5.32 Å². The number of H-pyrrole nitrogens is 1. The van der Waals surface area contributed by atoms with E-state index in [0.717, 1.165) is 18.7 Å². The molecule has 2 heterocycles. The first-order valence-electron chi connectivity index (χ1n) is 5.30. The van der Waals surface area contributed by atoms with Crippen LogP contribution in [0.3, 0.4) is 0 Å². The molecule has 0 radical (unpaired) electrons. The smallest absolute Gasteiger partial charge is 0.349 e. The molecule has 0 saturated heterocycles. The molecule has 0 atom stereocenters. The fourth-order valence-corrected chi connectivity index (χ4v) is 1.78. The Bertz CT molecular complexity index is 607. The quantitative estimate of drug-likeness (QED) is 0.779. The van der Waals surface area contributed by atoms with Gasteiger partial charge in [0.15, 0.2) is 5.65 Å². The lowest BCUT2D eigenvalue weighted by Gasteiger charge is -2.12. The molecule has 6 heteroatoms. The number of aromatic amines is 1. The van der Waals surface area contributed by atoms with Gasteiger partial charge in [-0.3, -0.25) is 0 Å². The van der Waals surface area contributed by atoms with Crippen LogP contribution in [0.2, 0.25) is 0 Å². The lowest BCUT2D eigenvalue weighted by molar-refractivity contribution is 0.813. The predicted octanol–water partition coefficient (Wildman–Crippen LogP) is 0.690. The first-order chi connectivity index (χ1) is 7.57. The first-order valence-corrected chi connectivity index (χ1v) is 5.30. The van der Waals surface area contributed by atoms with Crippen molar-refractivity contribution in [3.05, 3.63) is 22.4 Å². The molecule has 2 N–H and O–H groups in total. The molecule has 16 heavy (non-hydrogen) atoms. The van der Waals surface area contributed by atoms with Crippen LogP contribution in [-0.2, 0) is 0 Å². The Kier molecular flexibility index (Phi) is 1.66. The molecule has 3 rings (SSSR count). The zero-order chi connectivity index (χ0) is 11.3. The highest BCUT2D eigenvalue weighted by molar-refractivity contribution is 5.51. The van der Waals surface area contributed by atoms with Gasteiger partial charge in [-0.05, 0) is 26.7 Å². The molecule has 0 spiro atoms. The van der Waals surface area contributed by atoms with Crippen LogP contribution in [-0.4, -0.2) is 25.1 Å². The molecule has 1 aliphatic rings. The molecule has 1 fully saturated rings. The lowest BCUT2D eigenvalue weighted by atomic mass is 10.3. The maximum atomic E-state index is 11.4. The maximum absolute atomic E-state index is 11.4. The van der Waals surface area contributed by atoms with E-state index in [0.29, 0.717) is 11.5 Å². The summed E-state index contributed by atoms with van der Waals surface area (Å²) in [6.45, 7) is 3.95. The largest absolute Gasteiger partial charge is 0.365 e. The molecular weight excluding hydrogens is 206 g/mol. The number of fused-ring (bicyclic) bond motifs is 1. The van der Waals surface area contributed by atoms with E-state index >= 15 is 0 Å². The van der Waals surface area contributed by atoms with Crippen molar-refractivity contribution < 1.29 is 0 Å². The second-order valence-corrected chi connectivity index (χ2v) is 4.60. The van der Waals surface area contributed by atoms with Crippen molar-refractivity contribution in [3.8, 4) is 0 Å². The first kappa shape index (κ1) is 9.38. The number of hydrogen-bond acceptors (Lipinski definition) is 4. The van der Waals surface area contributed by atoms with E-state index in [4.69, 9.17) is 0 Å². The molecule has 1 saturated carbocycles. The number of nitrogens with zero attached hydrogens (tertiary/aromatic N) is 3. The standard InChI is InChI=1S/C10H13N5O/c1-6-11-7(12-10(2)3-4-10)5-8-13-14-9(16)15(6)8/h5,12H,3-4H2,1-2H3,(H,14,16). The van der Waals surface area contributed by atoms with Crippen molar-refractivity contribution in [1.29, 1.82) is 0 Å². The molecule has 0 unspecified atom stereocenters. The van der Waals surface area contributed by atoms with Gasteiger partial charge in [0.2, 0.25) is 0 Å². The number of aromatic nitrogens is 4. The van der Waals surface area contributed by atoms with Gasteiger partial charge in [0.1, 0.15) is 11.6 Å². The van der Waals surface area contributed by atoms with E-state index in [1.54, 1.807) is 13.0 Å². The average molecular weight is 219 g/mol. The van der Waals surface area contributed by atoms with Crippen LogP contribution in [0.15, 0.2) is 10.9 Å². The Morgan fingerprint density at radius 3 is 3.00 bits per heavy atom. The second kappa shape index (κ2) is 2.84. The number of nitrogens with one attached hydrogen (secondary N) is 2. The SMILES string of the molecule is Cc1nc(NC2(C)CC2)cc2n[nH]c(=O)n12.